The zero-order valence-electron chi connectivity index (χ0n) is 11.3. The first kappa shape index (κ1) is 12.9. The first-order chi connectivity index (χ1) is 7.80. The molecule has 2 aliphatic rings. The van der Waals surface area contributed by atoms with Crippen molar-refractivity contribution in [2.45, 2.75) is 70.9 Å². The fraction of sp³-hybridized carbons (Fsp3) is 0.929. The van der Waals surface area contributed by atoms with Crippen LogP contribution in [0.2, 0.25) is 0 Å². The highest BCUT2D eigenvalue weighted by molar-refractivity contribution is 5.70. The Morgan fingerprint density at radius 3 is 2.53 bits per heavy atom. The minimum absolute atomic E-state index is 0.0874. The van der Waals surface area contributed by atoms with Crippen molar-refractivity contribution in [1.29, 1.82) is 0 Å². The van der Waals surface area contributed by atoms with Gasteiger partial charge in [-0.15, -0.1) is 0 Å². The highest BCUT2D eigenvalue weighted by atomic mass is 16.6. The Morgan fingerprint density at radius 1 is 1.35 bits per heavy atom. The lowest BCUT2D eigenvalue weighted by Crippen LogP contribution is -2.39. The van der Waals surface area contributed by atoms with Crippen LogP contribution in [0.15, 0.2) is 0 Å². The topological polar surface area (TPSA) is 52.3 Å². The van der Waals surface area contributed by atoms with Crippen LogP contribution in [-0.4, -0.2) is 17.6 Å². The molecule has 3 heteroatoms. The molecule has 0 aromatic rings. The van der Waals surface area contributed by atoms with Crippen molar-refractivity contribution in [3.8, 4) is 0 Å². The average Bonchev–Trinajstić information content (AvgIpc) is 2.89. The zero-order valence-corrected chi connectivity index (χ0v) is 11.3. The van der Waals surface area contributed by atoms with Crippen molar-refractivity contribution in [2.75, 3.05) is 0 Å². The largest absolute Gasteiger partial charge is 0.460 e. The van der Waals surface area contributed by atoms with Crippen molar-refractivity contribution in [3.05, 3.63) is 0 Å². The predicted molar refractivity (Wildman–Crippen MR) is 67.4 cm³/mol. The molecule has 3 nitrogen and oxygen atoms in total. The summed E-state index contributed by atoms with van der Waals surface area (Å²) in [6, 6.07) is 0.189. The summed E-state index contributed by atoms with van der Waals surface area (Å²) < 4.78 is 5.38. The van der Waals surface area contributed by atoms with Gasteiger partial charge < -0.3 is 10.5 Å². The van der Waals surface area contributed by atoms with Crippen LogP contribution in [-0.2, 0) is 9.53 Å². The van der Waals surface area contributed by atoms with Crippen LogP contribution in [0, 0.1) is 11.3 Å². The number of hydrogen-bond donors (Lipinski definition) is 1. The van der Waals surface area contributed by atoms with Crippen LogP contribution in [0.1, 0.15) is 59.3 Å². The Labute approximate surface area is 104 Å². The molecule has 0 radical (unpaired) electrons. The van der Waals surface area contributed by atoms with Crippen LogP contribution in [0.25, 0.3) is 0 Å². The fourth-order valence-corrected chi connectivity index (χ4v) is 2.97. The summed E-state index contributed by atoms with van der Waals surface area (Å²) in [5, 5.41) is 0. The van der Waals surface area contributed by atoms with Gasteiger partial charge in [-0.2, -0.15) is 0 Å². The minimum Gasteiger partial charge on any atom is -0.460 e. The SMILES string of the molecule is CC(C)(C)OC(=O)CC1CC2(CCC1N)CC2. The number of hydrogen-bond acceptors (Lipinski definition) is 3. The molecular weight excluding hydrogens is 214 g/mol. The second-order valence-electron chi connectivity index (χ2n) is 6.96. The zero-order chi connectivity index (χ0) is 12.7. The average molecular weight is 239 g/mol. The van der Waals surface area contributed by atoms with Crippen LogP contribution in [0.4, 0.5) is 0 Å². The monoisotopic (exact) mass is 239 g/mol. The maximum absolute atomic E-state index is 11.8. The molecule has 98 valence electrons. The molecule has 0 aromatic heterocycles. The standard InChI is InChI=1S/C14H25NO2/c1-13(2,3)17-12(16)8-10-9-14(6-7-14)5-4-11(10)15/h10-11H,4-9,15H2,1-3H3. The van der Waals surface area contributed by atoms with E-state index in [0.29, 0.717) is 17.8 Å². The molecule has 2 saturated carbocycles. The molecule has 0 heterocycles. The van der Waals surface area contributed by atoms with E-state index in [0.717, 1.165) is 12.8 Å². The second-order valence-corrected chi connectivity index (χ2v) is 6.96. The lowest BCUT2D eigenvalue weighted by atomic mass is 9.75. The molecular formula is C14H25NO2. The third kappa shape index (κ3) is 3.44. The summed E-state index contributed by atoms with van der Waals surface area (Å²) in [5.41, 5.74) is 6.31. The molecule has 0 aromatic carbocycles. The number of nitrogens with two attached hydrogens (primary N) is 1. The summed E-state index contributed by atoms with van der Waals surface area (Å²) in [7, 11) is 0. The third-order valence-electron chi connectivity index (χ3n) is 4.11. The minimum atomic E-state index is -0.382. The quantitative estimate of drug-likeness (QED) is 0.754. The van der Waals surface area contributed by atoms with Crippen LogP contribution < -0.4 is 5.73 Å². The normalized spacial score (nSPS) is 31.3. The van der Waals surface area contributed by atoms with Crippen molar-refractivity contribution >= 4 is 5.97 Å². The van der Waals surface area contributed by atoms with E-state index in [1.807, 2.05) is 20.8 Å². The Bertz CT molecular complexity index is 302. The number of ether oxygens (including phenoxy) is 1. The smallest absolute Gasteiger partial charge is 0.306 e. The van der Waals surface area contributed by atoms with E-state index >= 15 is 0 Å². The Morgan fingerprint density at radius 2 is 2.00 bits per heavy atom. The molecule has 0 aliphatic heterocycles. The summed E-state index contributed by atoms with van der Waals surface area (Å²) >= 11 is 0. The highest BCUT2D eigenvalue weighted by Crippen LogP contribution is 2.57. The lowest BCUT2D eigenvalue weighted by molar-refractivity contribution is -0.156. The van der Waals surface area contributed by atoms with E-state index in [-0.39, 0.29) is 17.6 Å². The van der Waals surface area contributed by atoms with E-state index in [2.05, 4.69) is 0 Å². The lowest BCUT2D eigenvalue weighted by Gasteiger charge is -2.34. The molecule has 2 N–H and O–H groups in total. The first-order valence-corrected chi connectivity index (χ1v) is 6.77. The Hall–Kier alpha value is -0.570. The fourth-order valence-electron chi connectivity index (χ4n) is 2.97. The van der Waals surface area contributed by atoms with Gasteiger partial charge in [0.05, 0.1) is 0 Å². The van der Waals surface area contributed by atoms with E-state index in [9.17, 15) is 4.79 Å². The third-order valence-corrected chi connectivity index (χ3v) is 4.11. The van der Waals surface area contributed by atoms with Gasteiger partial charge in [0.25, 0.3) is 0 Å². The van der Waals surface area contributed by atoms with E-state index in [4.69, 9.17) is 10.5 Å². The van der Waals surface area contributed by atoms with Gasteiger partial charge in [0.1, 0.15) is 5.60 Å². The number of carbonyl (C=O) groups is 1. The summed E-state index contributed by atoms with van der Waals surface area (Å²) in [6.45, 7) is 5.73. The number of esters is 1. The Balaban J connectivity index is 1.86. The second kappa shape index (κ2) is 4.27. The van der Waals surface area contributed by atoms with Gasteiger partial charge >= 0.3 is 5.97 Å². The van der Waals surface area contributed by atoms with Crippen LogP contribution in [0.3, 0.4) is 0 Å². The molecule has 0 bridgehead atoms. The van der Waals surface area contributed by atoms with E-state index in [1.165, 1.54) is 19.3 Å². The van der Waals surface area contributed by atoms with Crippen molar-refractivity contribution in [3.63, 3.8) is 0 Å². The van der Waals surface area contributed by atoms with Crippen molar-refractivity contribution in [1.82, 2.24) is 0 Å². The predicted octanol–water partition coefficient (Wildman–Crippen LogP) is 2.63. The molecule has 0 amide bonds. The maximum atomic E-state index is 11.8. The molecule has 0 saturated heterocycles. The summed E-state index contributed by atoms with van der Waals surface area (Å²) in [5.74, 6) is 0.247. The maximum Gasteiger partial charge on any atom is 0.306 e. The Kier molecular flexibility index (Phi) is 3.23. The van der Waals surface area contributed by atoms with E-state index < -0.39 is 0 Å². The van der Waals surface area contributed by atoms with Crippen LogP contribution >= 0.6 is 0 Å². The van der Waals surface area contributed by atoms with Gasteiger partial charge in [-0.25, -0.2) is 0 Å². The van der Waals surface area contributed by atoms with Crippen molar-refractivity contribution < 1.29 is 9.53 Å². The molecule has 2 fully saturated rings. The number of rotatable bonds is 2. The first-order valence-electron chi connectivity index (χ1n) is 6.77. The molecule has 2 aliphatic carbocycles. The molecule has 2 rings (SSSR count). The van der Waals surface area contributed by atoms with Gasteiger partial charge in [0, 0.05) is 12.5 Å². The van der Waals surface area contributed by atoms with Gasteiger partial charge in [-0.3, -0.25) is 4.79 Å². The van der Waals surface area contributed by atoms with Crippen LogP contribution in [0.5, 0.6) is 0 Å². The molecule has 2 atom stereocenters. The van der Waals surface area contributed by atoms with Gasteiger partial charge in [-0.1, -0.05) is 0 Å². The van der Waals surface area contributed by atoms with Gasteiger partial charge in [0.2, 0.25) is 0 Å². The van der Waals surface area contributed by atoms with Gasteiger partial charge in [-0.05, 0) is 64.2 Å². The van der Waals surface area contributed by atoms with Crippen molar-refractivity contribution in [2.24, 2.45) is 17.1 Å². The van der Waals surface area contributed by atoms with E-state index in [1.54, 1.807) is 0 Å². The highest BCUT2D eigenvalue weighted by Gasteiger charge is 2.48. The molecule has 1 spiro atoms. The molecule has 2 unspecified atom stereocenters. The number of carbonyl (C=O) groups excluding carboxylic acids is 1. The summed E-state index contributed by atoms with van der Waals surface area (Å²) in [4.78, 5) is 11.8. The molecule has 17 heavy (non-hydrogen) atoms. The van der Waals surface area contributed by atoms with Gasteiger partial charge in [0.15, 0.2) is 0 Å². The summed E-state index contributed by atoms with van der Waals surface area (Å²) in [6.07, 6.45) is 6.65.